The minimum Gasteiger partial charge on any atom is -0.496 e. The number of rotatable bonds is 6. The van der Waals surface area contributed by atoms with Gasteiger partial charge in [0.1, 0.15) is 11.9 Å². The number of nitrogens with zero attached hydrogens (tertiary/aromatic N) is 1. The van der Waals surface area contributed by atoms with Crippen molar-refractivity contribution in [3.05, 3.63) is 29.3 Å². The molecule has 110 valence electrons. The van der Waals surface area contributed by atoms with Gasteiger partial charge in [-0.15, -0.1) is 0 Å². The Kier molecular flexibility index (Phi) is 5.31. The van der Waals surface area contributed by atoms with Crippen LogP contribution in [0.15, 0.2) is 18.2 Å². The van der Waals surface area contributed by atoms with Crippen molar-refractivity contribution in [1.29, 1.82) is 0 Å². The molecular weight excluding hydrogens is 272 g/mol. The molecule has 1 aromatic rings. The molecule has 0 radical (unpaired) electrons. The number of benzene rings is 1. The first-order chi connectivity index (χ1) is 9.67. The average molecular weight is 294 g/mol. The largest absolute Gasteiger partial charge is 0.496 e. The van der Waals surface area contributed by atoms with E-state index < -0.39 is 0 Å². The fraction of sp³-hybridized carbons (Fsp3) is 0.533. The second-order valence-corrected chi connectivity index (χ2v) is 5.93. The molecule has 1 amide bonds. The Hall–Kier alpha value is -1.20. The number of aryl methyl sites for hydroxylation is 1. The summed E-state index contributed by atoms with van der Waals surface area (Å²) in [5.74, 6) is 2.15. The first-order valence-electron chi connectivity index (χ1n) is 6.83. The summed E-state index contributed by atoms with van der Waals surface area (Å²) in [6.07, 6.45) is 3.11. The van der Waals surface area contributed by atoms with E-state index in [-0.39, 0.29) is 12.1 Å². The zero-order chi connectivity index (χ0) is 14.5. The maximum atomic E-state index is 12.0. The number of thioether (sulfide) groups is 1. The zero-order valence-electron chi connectivity index (χ0n) is 12.3. The van der Waals surface area contributed by atoms with Crippen LogP contribution in [0.25, 0.3) is 0 Å². The van der Waals surface area contributed by atoms with E-state index in [0.29, 0.717) is 6.54 Å². The topological polar surface area (TPSA) is 41.6 Å². The number of hydrogen-bond donors (Lipinski definition) is 1. The monoisotopic (exact) mass is 294 g/mol. The summed E-state index contributed by atoms with van der Waals surface area (Å²) < 4.78 is 5.29. The molecule has 0 saturated carbocycles. The number of ether oxygens (including phenoxy) is 1. The van der Waals surface area contributed by atoms with Crippen molar-refractivity contribution in [2.24, 2.45) is 0 Å². The predicted octanol–water partition coefficient (Wildman–Crippen LogP) is 2.19. The molecule has 1 aromatic carbocycles. The Bertz CT molecular complexity index is 479. The molecule has 1 fully saturated rings. The third kappa shape index (κ3) is 3.27. The van der Waals surface area contributed by atoms with Gasteiger partial charge in [-0.3, -0.25) is 10.1 Å². The van der Waals surface area contributed by atoms with Crippen LogP contribution in [-0.4, -0.2) is 43.0 Å². The second-order valence-electron chi connectivity index (χ2n) is 4.95. The Morgan fingerprint density at radius 2 is 2.30 bits per heavy atom. The number of carbonyl (C=O) groups is 1. The van der Waals surface area contributed by atoms with Gasteiger partial charge in [-0.05, 0) is 48.6 Å². The lowest BCUT2D eigenvalue weighted by Gasteiger charge is -2.25. The molecule has 4 nitrogen and oxygen atoms in total. The maximum Gasteiger partial charge on any atom is 0.238 e. The molecular formula is C15H22N2O2S. The smallest absolute Gasteiger partial charge is 0.238 e. The summed E-state index contributed by atoms with van der Waals surface area (Å²) in [4.78, 5) is 13.9. The van der Waals surface area contributed by atoms with E-state index in [1.165, 1.54) is 0 Å². The van der Waals surface area contributed by atoms with Crippen LogP contribution in [0.5, 0.6) is 5.75 Å². The highest BCUT2D eigenvalue weighted by Gasteiger charge is 2.31. The quantitative estimate of drug-likeness (QED) is 0.817. The van der Waals surface area contributed by atoms with E-state index in [9.17, 15) is 4.79 Å². The average Bonchev–Trinajstić information content (AvgIpc) is 2.80. The van der Waals surface area contributed by atoms with Crippen LogP contribution in [0.2, 0.25) is 0 Å². The molecule has 0 aliphatic carbocycles. The number of methoxy groups -OCH3 is 1. The zero-order valence-corrected chi connectivity index (χ0v) is 13.1. The summed E-state index contributed by atoms with van der Waals surface area (Å²) in [5.41, 5.74) is 2.22. The predicted molar refractivity (Wildman–Crippen MR) is 83.2 cm³/mol. The van der Waals surface area contributed by atoms with Crippen molar-refractivity contribution in [2.45, 2.75) is 19.5 Å². The minimum atomic E-state index is -0.00559. The van der Waals surface area contributed by atoms with Crippen molar-refractivity contribution in [3.63, 3.8) is 0 Å². The fourth-order valence-electron chi connectivity index (χ4n) is 2.54. The standard InChI is InChI=1S/C15H22N2O2S/c1-11-9-12(5-6-13(11)19-2)15-16-10-14(18)17(15)7-4-8-20-3/h5-6,9,15-16H,4,7-8,10H2,1-3H3. The van der Waals surface area contributed by atoms with Crippen LogP contribution in [0.3, 0.4) is 0 Å². The van der Waals surface area contributed by atoms with Gasteiger partial charge in [0.2, 0.25) is 5.91 Å². The van der Waals surface area contributed by atoms with E-state index in [4.69, 9.17) is 4.74 Å². The normalized spacial score (nSPS) is 18.6. The minimum absolute atomic E-state index is 0.00559. The summed E-state index contributed by atoms with van der Waals surface area (Å²) in [6.45, 7) is 3.26. The molecule has 1 N–H and O–H groups in total. The Balaban J connectivity index is 2.13. The molecule has 0 spiro atoms. The summed E-state index contributed by atoms with van der Waals surface area (Å²) in [6, 6.07) is 6.09. The summed E-state index contributed by atoms with van der Waals surface area (Å²) >= 11 is 1.82. The molecule has 20 heavy (non-hydrogen) atoms. The number of amides is 1. The third-order valence-electron chi connectivity index (χ3n) is 3.56. The van der Waals surface area contributed by atoms with Gasteiger partial charge in [0, 0.05) is 6.54 Å². The van der Waals surface area contributed by atoms with E-state index in [1.54, 1.807) is 7.11 Å². The Morgan fingerprint density at radius 3 is 2.95 bits per heavy atom. The molecule has 0 bridgehead atoms. The van der Waals surface area contributed by atoms with Crippen LogP contribution < -0.4 is 10.1 Å². The van der Waals surface area contributed by atoms with Crippen LogP contribution in [0.1, 0.15) is 23.7 Å². The van der Waals surface area contributed by atoms with Gasteiger partial charge in [0.05, 0.1) is 13.7 Å². The summed E-state index contributed by atoms with van der Waals surface area (Å²) in [5, 5.41) is 3.29. The van der Waals surface area contributed by atoms with Gasteiger partial charge in [-0.1, -0.05) is 6.07 Å². The number of carbonyl (C=O) groups excluding carboxylic acids is 1. The van der Waals surface area contributed by atoms with E-state index in [2.05, 4.69) is 17.6 Å². The Morgan fingerprint density at radius 1 is 1.50 bits per heavy atom. The molecule has 2 rings (SSSR count). The maximum absolute atomic E-state index is 12.0. The lowest BCUT2D eigenvalue weighted by Crippen LogP contribution is -2.31. The molecule has 1 heterocycles. The van der Waals surface area contributed by atoms with Gasteiger partial charge >= 0.3 is 0 Å². The van der Waals surface area contributed by atoms with Crippen LogP contribution in [0.4, 0.5) is 0 Å². The van der Waals surface area contributed by atoms with E-state index >= 15 is 0 Å². The fourth-order valence-corrected chi connectivity index (χ4v) is 2.96. The first-order valence-corrected chi connectivity index (χ1v) is 8.23. The lowest BCUT2D eigenvalue weighted by molar-refractivity contribution is -0.128. The van der Waals surface area contributed by atoms with Crippen LogP contribution in [-0.2, 0) is 4.79 Å². The van der Waals surface area contributed by atoms with Crippen molar-refractivity contribution in [2.75, 3.05) is 32.2 Å². The lowest BCUT2D eigenvalue weighted by atomic mass is 10.1. The molecule has 5 heteroatoms. The van der Waals surface area contributed by atoms with Gasteiger partial charge < -0.3 is 9.64 Å². The molecule has 1 aliphatic rings. The van der Waals surface area contributed by atoms with Crippen LogP contribution >= 0.6 is 11.8 Å². The van der Waals surface area contributed by atoms with Crippen molar-refractivity contribution in [3.8, 4) is 5.75 Å². The van der Waals surface area contributed by atoms with Crippen molar-refractivity contribution in [1.82, 2.24) is 10.2 Å². The number of nitrogens with one attached hydrogen (secondary N) is 1. The van der Waals surface area contributed by atoms with E-state index in [0.717, 1.165) is 35.6 Å². The van der Waals surface area contributed by atoms with E-state index in [1.807, 2.05) is 35.7 Å². The Labute approximate surface area is 124 Å². The second kappa shape index (κ2) is 6.99. The van der Waals surface area contributed by atoms with Gasteiger partial charge in [-0.25, -0.2) is 0 Å². The van der Waals surface area contributed by atoms with Gasteiger partial charge in [0.25, 0.3) is 0 Å². The molecule has 1 atom stereocenters. The molecule has 1 saturated heterocycles. The van der Waals surface area contributed by atoms with Gasteiger partial charge in [-0.2, -0.15) is 11.8 Å². The molecule has 1 aliphatic heterocycles. The third-order valence-corrected chi connectivity index (χ3v) is 4.26. The highest BCUT2D eigenvalue weighted by atomic mass is 32.2. The van der Waals surface area contributed by atoms with Gasteiger partial charge in [0.15, 0.2) is 0 Å². The first kappa shape index (κ1) is 15.2. The summed E-state index contributed by atoms with van der Waals surface area (Å²) in [7, 11) is 1.67. The highest BCUT2D eigenvalue weighted by Crippen LogP contribution is 2.27. The van der Waals surface area contributed by atoms with Crippen molar-refractivity contribution >= 4 is 17.7 Å². The molecule has 1 unspecified atom stereocenters. The SMILES string of the molecule is COc1ccc(C2NCC(=O)N2CCCSC)cc1C. The molecule has 0 aromatic heterocycles. The highest BCUT2D eigenvalue weighted by molar-refractivity contribution is 7.98. The van der Waals surface area contributed by atoms with Crippen molar-refractivity contribution < 1.29 is 9.53 Å². The van der Waals surface area contributed by atoms with Crippen LogP contribution in [0, 0.1) is 6.92 Å². The number of hydrogen-bond acceptors (Lipinski definition) is 4.